The van der Waals surface area contributed by atoms with Crippen molar-refractivity contribution in [2.24, 2.45) is 15.9 Å². The Morgan fingerprint density at radius 2 is 2.00 bits per heavy atom. The van der Waals surface area contributed by atoms with Crippen LogP contribution in [0.15, 0.2) is 28.3 Å². The zero-order chi connectivity index (χ0) is 23.7. The first-order chi connectivity index (χ1) is 16.5. The molecule has 1 unspecified atom stereocenters. The fraction of sp³-hybridized carbons (Fsp3) is 0.500. The quantitative estimate of drug-likeness (QED) is 0.699. The lowest BCUT2D eigenvalue weighted by Crippen LogP contribution is -2.38. The molecule has 1 saturated heterocycles. The van der Waals surface area contributed by atoms with Gasteiger partial charge in [0.2, 0.25) is 5.95 Å². The molecule has 3 aliphatic heterocycles. The molecule has 2 aromatic rings. The minimum absolute atomic E-state index is 0.0205. The maximum Gasteiger partial charge on any atom is 0.225 e. The first kappa shape index (κ1) is 22.6. The number of fused-ring (bicyclic) bond motifs is 1. The second-order valence-electron chi connectivity index (χ2n) is 9.06. The summed E-state index contributed by atoms with van der Waals surface area (Å²) in [6, 6.07) is 3.12. The van der Waals surface area contributed by atoms with Gasteiger partial charge in [0.05, 0.1) is 30.7 Å². The molecule has 180 valence electrons. The van der Waals surface area contributed by atoms with Gasteiger partial charge in [-0.05, 0) is 51.9 Å². The lowest BCUT2D eigenvalue weighted by molar-refractivity contribution is 0.287. The highest BCUT2D eigenvalue weighted by Gasteiger charge is 2.26. The third-order valence-corrected chi connectivity index (χ3v) is 6.44. The van der Waals surface area contributed by atoms with Gasteiger partial charge in [-0.15, -0.1) is 0 Å². The van der Waals surface area contributed by atoms with Crippen LogP contribution in [0.3, 0.4) is 0 Å². The van der Waals surface area contributed by atoms with Gasteiger partial charge < -0.3 is 20.3 Å². The van der Waals surface area contributed by atoms with E-state index >= 15 is 0 Å². The Morgan fingerprint density at radius 3 is 2.74 bits per heavy atom. The highest BCUT2D eigenvalue weighted by Crippen LogP contribution is 2.39. The summed E-state index contributed by atoms with van der Waals surface area (Å²) in [5.74, 6) is -0.323. The third-order valence-electron chi connectivity index (χ3n) is 6.44. The molecule has 3 aliphatic rings. The lowest BCUT2D eigenvalue weighted by Gasteiger charge is -2.34. The largest absolute Gasteiger partial charge is 0.486 e. The van der Waals surface area contributed by atoms with Gasteiger partial charge in [0.15, 0.2) is 17.4 Å². The summed E-state index contributed by atoms with van der Waals surface area (Å²) in [7, 11) is 0. The van der Waals surface area contributed by atoms with Gasteiger partial charge in [-0.1, -0.05) is 0 Å². The Balaban J connectivity index is 1.36. The van der Waals surface area contributed by atoms with Crippen LogP contribution < -0.4 is 20.3 Å². The standard InChI is InChI=1S/C24H29F2N7O/c1-14(2)33-7-8-34-23-17(25)9-16(10-20(23)33)22-18(26)11-30-24(32-22)31-21-13-28-19(12-29-21)15-3-5-27-6-4-15/h9-12,14-15,21,27H,3-8,13H2,1-2H3,(H,30,31,32). The maximum atomic E-state index is 14.9. The van der Waals surface area contributed by atoms with E-state index in [9.17, 15) is 8.78 Å². The van der Waals surface area contributed by atoms with Crippen LogP contribution in [0.5, 0.6) is 5.75 Å². The number of ether oxygens (including phenoxy) is 1. The molecular weight excluding hydrogens is 440 g/mol. The maximum absolute atomic E-state index is 14.9. The SMILES string of the molecule is CC(C)N1CCOc2c(F)cc(-c3nc(NC4CN=C(C5CCNCC5)C=N4)ncc3F)cc21. The molecule has 0 aliphatic carbocycles. The zero-order valence-electron chi connectivity index (χ0n) is 19.4. The van der Waals surface area contributed by atoms with E-state index in [1.54, 1.807) is 6.07 Å². The number of piperidine rings is 1. The number of nitrogens with zero attached hydrogens (tertiary/aromatic N) is 5. The van der Waals surface area contributed by atoms with E-state index in [2.05, 4.69) is 25.6 Å². The number of benzene rings is 1. The summed E-state index contributed by atoms with van der Waals surface area (Å²) in [4.78, 5) is 19.7. The fourth-order valence-corrected chi connectivity index (χ4v) is 4.64. The van der Waals surface area contributed by atoms with E-state index in [0.717, 1.165) is 37.8 Å². The Hall–Kier alpha value is -3.14. The number of aromatic nitrogens is 2. The summed E-state index contributed by atoms with van der Waals surface area (Å²) in [5, 5.41) is 6.47. The molecule has 10 heteroatoms. The van der Waals surface area contributed by atoms with Crippen LogP contribution in [0, 0.1) is 17.6 Å². The molecule has 0 saturated carbocycles. The average molecular weight is 470 g/mol. The van der Waals surface area contributed by atoms with E-state index in [1.807, 2.05) is 25.0 Å². The minimum Gasteiger partial charge on any atom is -0.486 e. The number of hydrogen-bond donors (Lipinski definition) is 2. The van der Waals surface area contributed by atoms with Crippen molar-refractivity contribution in [2.45, 2.75) is 38.9 Å². The molecule has 1 fully saturated rings. The van der Waals surface area contributed by atoms with Gasteiger partial charge in [0, 0.05) is 23.7 Å². The number of rotatable bonds is 5. The van der Waals surface area contributed by atoms with Crippen LogP contribution >= 0.6 is 0 Å². The van der Waals surface area contributed by atoms with Gasteiger partial charge in [-0.2, -0.15) is 0 Å². The molecule has 2 N–H and O–H groups in total. The summed E-state index contributed by atoms with van der Waals surface area (Å²) in [6.07, 6.45) is 4.69. The topological polar surface area (TPSA) is 87.0 Å². The van der Waals surface area contributed by atoms with Crippen LogP contribution in [0.25, 0.3) is 11.3 Å². The second kappa shape index (κ2) is 9.61. The Bertz CT molecular complexity index is 1110. The lowest BCUT2D eigenvalue weighted by atomic mass is 9.93. The number of nitrogens with one attached hydrogen (secondary N) is 2. The van der Waals surface area contributed by atoms with Crippen LogP contribution in [-0.4, -0.2) is 66.9 Å². The van der Waals surface area contributed by atoms with Gasteiger partial charge in [-0.25, -0.2) is 18.7 Å². The Labute approximate surface area is 197 Å². The molecule has 8 nitrogen and oxygen atoms in total. The molecule has 1 aromatic heterocycles. The molecule has 1 aromatic carbocycles. The van der Waals surface area contributed by atoms with E-state index in [-0.39, 0.29) is 29.6 Å². The van der Waals surface area contributed by atoms with Gasteiger partial charge in [0.25, 0.3) is 0 Å². The first-order valence-corrected chi connectivity index (χ1v) is 11.8. The van der Waals surface area contributed by atoms with E-state index in [1.165, 1.54) is 6.07 Å². The predicted octanol–water partition coefficient (Wildman–Crippen LogP) is 3.29. The van der Waals surface area contributed by atoms with Crippen LogP contribution in [0.1, 0.15) is 26.7 Å². The first-order valence-electron chi connectivity index (χ1n) is 11.8. The van der Waals surface area contributed by atoms with Crippen molar-refractivity contribution < 1.29 is 13.5 Å². The summed E-state index contributed by atoms with van der Waals surface area (Å²) >= 11 is 0. The number of anilines is 2. The number of aliphatic imine (C=N–C) groups is 2. The fourth-order valence-electron chi connectivity index (χ4n) is 4.64. The minimum atomic E-state index is -0.629. The molecule has 0 radical (unpaired) electrons. The highest BCUT2D eigenvalue weighted by molar-refractivity contribution is 6.32. The monoisotopic (exact) mass is 469 g/mol. The molecule has 1 atom stereocenters. The third kappa shape index (κ3) is 4.59. The van der Waals surface area contributed by atoms with Crippen LogP contribution in [-0.2, 0) is 0 Å². The van der Waals surface area contributed by atoms with E-state index in [4.69, 9.17) is 9.73 Å². The molecule has 4 heterocycles. The molecule has 34 heavy (non-hydrogen) atoms. The smallest absolute Gasteiger partial charge is 0.225 e. The molecule has 5 rings (SSSR count). The van der Waals surface area contributed by atoms with E-state index < -0.39 is 11.6 Å². The summed E-state index contributed by atoms with van der Waals surface area (Å²) in [6.45, 7) is 7.53. The van der Waals surface area contributed by atoms with Crippen LogP contribution in [0.4, 0.5) is 20.4 Å². The molecule has 0 spiro atoms. The van der Waals surface area contributed by atoms with Gasteiger partial charge in [-0.3, -0.25) is 9.98 Å². The van der Waals surface area contributed by atoms with Gasteiger partial charge in [0.1, 0.15) is 18.5 Å². The summed E-state index contributed by atoms with van der Waals surface area (Å²) < 4.78 is 35.2. The highest BCUT2D eigenvalue weighted by atomic mass is 19.1. The molecule has 0 amide bonds. The van der Waals surface area contributed by atoms with Crippen molar-refractivity contribution >= 4 is 23.6 Å². The van der Waals surface area contributed by atoms with Crippen molar-refractivity contribution in [3.63, 3.8) is 0 Å². The predicted molar refractivity (Wildman–Crippen MR) is 129 cm³/mol. The normalized spacial score (nSPS) is 20.7. The van der Waals surface area contributed by atoms with Crippen molar-refractivity contribution in [2.75, 3.05) is 43.0 Å². The van der Waals surface area contributed by atoms with Crippen LogP contribution in [0.2, 0.25) is 0 Å². The van der Waals surface area contributed by atoms with Crippen molar-refractivity contribution in [1.29, 1.82) is 0 Å². The second-order valence-corrected chi connectivity index (χ2v) is 9.06. The van der Waals surface area contributed by atoms with Crippen molar-refractivity contribution in [1.82, 2.24) is 15.3 Å². The van der Waals surface area contributed by atoms with E-state index in [0.29, 0.717) is 36.9 Å². The number of hydrogen-bond acceptors (Lipinski definition) is 8. The average Bonchev–Trinajstić information content (AvgIpc) is 2.86. The molecular formula is C24H29F2N7O. The molecule has 0 bridgehead atoms. The number of halogens is 2. The van der Waals surface area contributed by atoms with Crippen molar-refractivity contribution in [3.05, 3.63) is 30.0 Å². The Kier molecular flexibility index (Phi) is 6.40. The van der Waals surface area contributed by atoms with Crippen molar-refractivity contribution in [3.8, 4) is 17.0 Å². The Morgan fingerprint density at radius 1 is 1.18 bits per heavy atom. The zero-order valence-corrected chi connectivity index (χ0v) is 19.4. The van der Waals surface area contributed by atoms with Gasteiger partial charge >= 0.3 is 0 Å². The summed E-state index contributed by atoms with van der Waals surface area (Å²) in [5.41, 5.74) is 1.98.